The topological polar surface area (TPSA) is 87.7 Å². The van der Waals surface area contributed by atoms with Crippen molar-refractivity contribution >= 4 is 17.9 Å². The Morgan fingerprint density at radius 1 is 1.10 bits per heavy atom. The molecule has 1 aromatic rings. The molecule has 0 bridgehead atoms. The van der Waals surface area contributed by atoms with Gasteiger partial charge in [0, 0.05) is 12.6 Å². The van der Waals surface area contributed by atoms with Gasteiger partial charge in [0.25, 0.3) is 0 Å². The molecule has 2 atom stereocenters. The lowest BCUT2D eigenvalue weighted by atomic mass is 9.98. The molecule has 0 heterocycles. The minimum Gasteiger partial charge on any atom is -0.444 e. The van der Waals surface area contributed by atoms with Gasteiger partial charge in [-0.2, -0.15) is 0 Å². The van der Waals surface area contributed by atoms with E-state index in [1.165, 1.54) is 4.90 Å². The number of nitrogens with one attached hydrogen (secondary N) is 2. The first kappa shape index (κ1) is 26.5. The number of benzene rings is 1. The van der Waals surface area contributed by atoms with Gasteiger partial charge in [-0.1, -0.05) is 31.5 Å². The van der Waals surface area contributed by atoms with Gasteiger partial charge in [0.2, 0.25) is 11.8 Å². The van der Waals surface area contributed by atoms with E-state index in [-0.39, 0.29) is 24.4 Å². The van der Waals surface area contributed by atoms with E-state index in [0.29, 0.717) is 6.54 Å². The maximum Gasteiger partial charge on any atom is 0.408 e. The molecule has 0 saturated heterocycles. The van der Waals surface area contributed by atoms with Gasteiger partial charge in [-0.05, 0) is 71.6 Å². The molecule has 3 amide bonds. The number of hydrogen-bond acceptors (Lipinski definition) is 4. The summed E-state index contributed by atoms with van der Waals surface area (Å²) in [6, 6.07) is 5.00. The highest BCUT2D eigenvalue weighted by Crippen LogP contribution is 2.24. The Morgan fingerprint density at radius 3 is 2.26 bits per heavy atom. The fourth-order valence-corrected chi connectivity index (χ4v) is 3.30. The molecule has 31 heavy (non-hydrogen) atoms. The Balaban J connectivity index is 3.12. The second kappa shape index (κ2) is 11.7. The van der Waals surface area contributed by atoms with E-state index in [0.717, 1.165) is 29.5 Å². The average molecular weight is 434 g/mol. The van der Waals surface area contributed by atoms with E-state index in [2.05, 4.69) is 17.6 Å². The van der Waals surface area contributed by atoms with Gasteiger partial charge in [-0.15, -0.1) is 0 Å². The summed E-state index contributed by atoms with van der Waals surface area (Å²) >= 11 is 0. The number of hydrogen-bond donors (Lipinski definition) is 2. The van der Waals surface area contributed by atoms with Crippen molar-refractivity contribution in [1.29, 1.82) is 0 Å². The highest BCUT2D eigenvalue weighted by atomic mass is 16.6. The SMILES string of the molecule is CCCC(C)NC(=O)C(c1ccc(C)c(C)c1)N(CC)C(=O)CNC(=O)OC(C)(C)C. The monoisotopic (exact) mass is 433 g/mol. The molecule has 2 N–H and O–H groups in total. The van der Waals surface area contributed by atoms with Crippen molar-refractivity contribution in [1.82, 2.24) is 15.5 Å². The first-order chi connectivity index (χ1) is 14.4. The van der Waals surface area contributed by atoms with Gasteiger partial charge in [-0.25, -0.2) is 4.79 Å². The molecule has 0 aliphatic heterocycles. The number of amides is 3. The summed E-state index contributed by atoms with van der Waals surface area (Å²) in [5, 5.41) is 5.53. The maximum atomic E-state index is 13.2. The Hall–Kier alpha value is -2.57. The predicted octanol–water partition coefficient (Wildman–Crippen LogP) is 4.02. The third kappa shape index (κ3) is 8.59. The number of aryl methyl sites for hydroxylation is 2. The fourth-order valence-electron chi connectivity index (χ4n) is 3.30. The highest BCUT2D eigenvalue weighted by molar-refractivity contribution is 5.90. The van der Waals surface area contributed by atoms with Crippen LogP contribution in [0.4, 0.5) is 4.79 Å². The van der Waals surface area contributed by atoms with E-state index in [1.54, 1.807) is 20.8 Å². The van der Waals surface area contributed by atoms with Gasteiger partial charge in [0.15, 0.2) is 0 Å². The lowest BCUT2D eigenvalue weighted by Crippen LogP contribution is -2.49. The molecule has 2 unspecified atom stereocenters. The van der Waals surface area contributed by atoms with Crippen molar-refractivity contribution in [3.63, 3.8) is 0 Å². The summed E-state index contributed by atoms with van der Waals surface area (Å²) < 4.78 is 5.20. The number of alkyl carbamates (subject to hydrolysis) is 1. The first-order valence-corrected chi connectivity index (χ1v) is 11.0. The van der Waals surface area contributed by atoms with Crippen LogP contribution < -0.4 is 10.6 Å². The molecule has 0 fully saturated rings. The second-order valence-electron chi connectivity index (χ2n) is 8.98. The molecule has 0 radical (unpaired) electrons. The maximum absolute atomic E-state index is 13.2. The molecular formula is C24H39N3O4. The highest BCUT2D eigenvalue weighted by Gasteiger charge is 2.31. The number of ether oxygens (including phenoxy) is 1. The van der Waals surface area contributed by atoms with Gasteiger partial charge < -0.3 is 20.3 Å². The molecule has 1 aromatic carbocycles. The fraction of sp³-hybridized carbons (Fsp3) is 0.625. The van der Waals surface area contributed by atoms with Crippen molar-refractivity contribution < 1.29 is 19.1 Å². The number of carbonyl (C=O) groups excluding carboxylic acids is 3. The molecule has 0 aromatic heterocycles. The van der Waals surface area contributed by atoms with Gasteiger partial charge >= 0.3 is 6.09 Å². The van der Waals surface area contributed by atoms with Crippen LogP contribution in [0, 0.1) is 13.8 Å². The van der Waals surface area contributed by atoms with Crippen molar-refractivity contribution in [2.45, 2.75) is 85.9 Å². The van der Waals surface area contributed by atoms with Crippen molar-refractivity contribution in [2.24, 2.45) is 0 Å². The molecule has 0 aliphatic rings. The predicted molar refractivity (Wildman–Crippen MR) is 123 cm³/mol. The van der Waals surface area contributed by atoms with E-state index in [4.69, 9.17) is 4.74 Å². The van der Waals surface area contributed by atoms with Crippen molar-refractivity contribution in [3.05, 3.63) is 34.9 Å². The summed E-state index contributed by atoms with van der Waals surface area (Å²) in [7, 11) is 0. The molecule has 7 nitrogen and oxygen atoms in total. The summed E-state index contributed by atoms with van der Waals surface area (Å²) in [6.45, 7) is 15.2. The normalized spacial score (nSPS) is 13.2. The van der Waals surface area contributed by atoms with Crippen LogP contribution in [0.5, 0.6) is 0 Å². The lowest BCUT2D eigenvalue weighted by molar-refractivity contribution is -0.140. The second-order valence-corrected chi connectivity index (χ2v) is 8.98. The van der Waals surface area contributed by atoms with Crippen LogP contribution in [-0.4, -0.2) is 47.5 Å². The quantitative estimate of drug-likeness (QED) is 0.616. The minimum absolute atomic E-state index is 0.000224. The molecule has 174 valence electrons. The standard InChI is InChI=1S/C24H39N3O4/c1-9-11-18(5)26-22(29)21(19-13-12-16(3)17(4)14-19)27(10-2)20(28)15-25-23(30)31-24(6,7)8/h12-14,18,21H,9-11,15H2,1-8H3,(H,25,30)(H,26,29). The zero-order valence-corrected chi connectivity index (χ0v) is 20.3. The molecular weight excluding hydrogens is 394 g/mol. The smallest absolute Gasteiger partial charge is 0.408 e. The summed E-state index contributed by atoms with van der Waals surface area (Å²) in [5.74, 6) is -0.577. The van der Waals surface area contributed by atoms with E-state index < -0.39 is 17.7 Å². The van der Waals surface area contributed by atoms with Crippen LogP contribution in [-0.2, 0) is 14.3 Å². The summed E-state index contributed by atoms with van der Waals surface area (Å²) in [4.78, 5) is 39.7. The lowest BCUT2D eigenvalue weighted by Gasteiger charge is -2.32. The summed E-state index contributed by atoms with van der Waals surface area (Å²) in [5.41, 5.74) is 2.25. The number of likely N-dealkylation sites (N-methyl/N-ethyl adjacent to an activating group) is 1. The number of carbonyl (C=O) groups is 3. The summed E-state index contributed by atoms with van der Waals surface area (Å²) in [6.07, 6.45) is 1.14. The van der Waals surface area contributed by atoms with Gasteiger partial charge in [-0.3, -0.25) is 9.59 Å². The van der Waals surface area contributed by atoms with Crippen LogP contribution in [0.25, 0.3) is 0 Å². The zero-order chi connectivity index (χ0) is 23.8. The number of rotatable bonds is 9. The average Bonchev–Trinajstić information content (AvgIpc) is 2.65. The zero-order valence-electron chi connectivity index (χ0n) is 20.3. The number of nitrogens with zero attached hydrogens (tertiary/aromatic N) is 1. The third-order valence-corrected chi connectivity index (χ3v) is 4.96. The minimum atomic E-state index is -0.781. The molecule has 0 spiro atoms. The van der Waals surface area contributed by atoms with Crippen LogP contribution >= 0.6 is 0 Å². The van der Waals surface area contributed by atoms with E-state index in [9.17, 15) is 14.4 Å². The van der Waals surface area contributed by atoms with Gasteiger partial charge in [0.05, 0.1) is 0 Å². The first-order valence-electron chi connectivity index (χ1n) is 11.0. The van der Waals surface area contributed by atoms with Crippen LogP contribution in [0.2, 0.25) is 0 Å². The molecule has 7 heteroatoms. The molecule has 0 saturated carbocycles. The van der Waals surface area contributed by atoms with Crippen molar-refractivity contribution in [3.8, 4) is 0 Å². The largest absolute Gasteiger partial charge is 0.444 e. The van der Waals surface area contributed by atoms with Gasteiger partial charge in [0.1, 0.15) is 18.2 Å². The Morgan fingerprint density at radius 2 is 1.74 bits per heavy atom. The van der Waals surface area contributed by atoms with Crippen LogP contribution in [0.1, 0.15) is 77.1 Å². The van der Waals surface area contributed by atoms with E-state index >= 15 is 0 Å². The third-order valence-electron chi connectivity index (χ3n) is 4.96. The Labute approximate surface area is 186 Å². The van der Waals surface area contributed by atoms with E-state index in [1.807, 2.05) is 45.9 Å². The Bertz CT molecular complexity index is 771. The Kier molecular flexibility index (Phi) is 10.0. The van der Waals surface area contributed by atoms with Crippen LogP contribution in [0.3, 0.4) is 0 Å². The molecule has 0 aliphatic carbocycles. The van der Waals surface area contributed by atoms with Crippen molar-refractivity contribution in [2.75, 3.05) is 13.1 Å². The molecule has 1 rings (SSSR count). The van der Waals surface area contributed by atoms with Crippen LogP contribution in [0.15, 0.2) is 18.2 Å².